The van der Waals surface area contributed by atoms with Crippen LogP contribution in [0, 0.1) is 0 Å². The second-order valence-electron chi connectivity index (χ2n) is 4.51. The lowest BCUT2D eigenvalue weighted by Crippen LogP contribution is -2.26. The van der Waals surface area contributed by atoms with E-state index in [2.05, 4.69) is 4.98 Å². The average molecular weight is 248 g/mol. The summed E-state index contributed by atoms with van der Waals surface area (Å²) in [6.45, 7) is 3.61. The van der Waals surface area contributed by atoms with Crippen molar-refractivity contribution in [1.82, 2.24) is 9.55 Å². The van der Waals surface area contributed by atoms with Crippen molar-refractivity contribution in [3.05, 3.63) is 18.2 Å². The van der Waals surface area contributed by atoms with E-state index >= 15 is 0 Å². The molecule has 1 rings (SSSR count). The first-order chi connectivity index (χ1) is 7.65. The number of aromatic nitrogens is 2. The first-order valence-electron chi connectivity index (χ1n) is 4.92. The summed E-state index contributed by atoms with van der Waals surface area (Å²) in [6.07, 6.45) is 0.960. The maximum atomic E-state index is 13.0. The highest BCUT2D eigenvalue weighted by Crippen LogP contribution is 2.25. The van der Waals surface area contributed by atoms with Gasteiger partial charge < -0.3 is 9.84 Å². The van der Waals surface area contributed by atoms with Gasteiger partial charge >= 0.3 is 12.0 Å². The summed E-state index contributed by atoms with van der Waals surface area (Å²) >= 11 is 0. The van der Waals surface area contributed by atoms with Gasteiger partial charge in [-0.1, -0.05) is 0 Å². The van der Waals surface area contributed by atoms with Crippen LogP contribution >= 0.6 is 0 Å². The Morgan fingerprint density at radius 2 is 2.12 bits per heavy atom. The molecule has 0 aliphatic rings. The normalized spacial score (nSPS) is 12.6. The van der Waals surface area contributed by atoms with Gasteiger partial charge in [-0.05, 0) is 20.8 Å². The first-order valence-corrected chi connectivity index (χ1v) is 4.92. The molecular weight excluding hydrogens is 234 g/mol. The Morgan fingerprint density at radius 1 is 1.53 bits per heavy atom. The minimum Gasteiger partial charge on any atom is -0.443 e. The molecule has 0 spiro atoms. The minimum absolute atomic E-state index is 0.675. The van der Waals surface area contributed by atoms with E-state index in [1.165, 1.54) is 0 Å². The summed E-state index contributed by atoms with van der Waals surface area (Å²) in [6, 6.07) is 0. The van der Waals surface area contributed by atoms with Gasteiger partial charge in [0, 0.05) is 6.20 Å². The van der Waals surface area contributed by atoms with Crippen molar-refractivity contribution < 1.29 is 23.4 Å². The van der Waals surface area contributed by atoms with E-state index in [-0.39, 0.29) is 0 Å². The number of aliphatic hydroxyl groups is 1. The number of rotatable bonds is 2. The highest BCUT2D eigenvalue weighted by Gasteiger charge is 2.34. The average Bonchev–Trinajstić information content (AvgIpc) is 2.64. The van der Waals surface area contributed by atoms with Crippen molar-refractivity contribution in [3.8, 4) is 0 Å². The highest BCUT2D eigenvalue weighted by molar-refractivity contribution is 5.70. The maximum absolute atomic E-state index is 13.0. The van der Waals surface area contributed by atoms with Crippen LogP contribution in [0.5, 0.6) is 0 Å². The number of ether oxygens (including phenoxy) is 1. The highest BCUT2D eigenvalue weighted by atomic mass is 19.3. The number of alkyl halides is 2. The molecular formula is C10H14F2N2O3. The summed E-state index contributed by atoms with van der Waals surface area (Å²) in [5, 5.41) is 8.47. The quantitative estimate of drug-likeness (QED) is 0.866. The predicted molar refractivity (Wildman–Crippen MR) is 54.8 cm³/mol. The summed E-state index contributed by atoms with van der Waals surface area (Å²) in [7, 11) is 0. The van der Waals surface area contributed by atoms with Crippen LogP contribution < -0.4 is 0 Å². The molecule has 0 radical (unpaired) electrons. The summed E-state index contributed by atoms with van der Waals surface area (Å²) in [4.78, 5) is 14.8. The van der Waals surface area contributed by atoms with Gasteiger partial charge in [0.05, 0.1) is 0 Å². The number of carbonyl (C=O) groups excluding carboxylic acids is 1. The fraction of sp³-hybridized carbons (Fsp3) is 0.600. The molecule has 96 valence electrons. The van der Waals surface area contributed by atoms with E-state index in [1.54, 1.807) is 20.8 Å². The van der Waals surface area contributed by atoms with Crippen LogP contribution in [-0.4, -0.2) is 33.0 Å². The lowest BCUT2D eigenvalue weighted by Gasteiger charge is -2.19. The number of carbonyl (C=O) groups is 1. The monoisotopic (exact) mass is 248 g/mol. The second-order valence-corrected chi connectivity index (χ2v) is 4.51. The predicted octanol–water partition coefficient (Wildman–Crippen LogP) is 1.75. The van der Waals surface area contributed by atoms with E-state index in [1.807, 2.05) is 0 Å². The Kier molecular flexibility index (Phi) is 3.51. The molecule has 0 aliphatic heterocycles. The number of hydrogen-bond donors (Lipinski definition) is 1. The van der Waals surface area contributed by atoms with Gasteiger partial charge in [-0.3, -0.25) is 0 Å². The molecule has 0 saturated carbocycles. The van der Waals surface area contributed by atoms with E-state index in [0.717, 1.165) is 17.1 Å². The van der Waals surface area contributed by atoms with Crippen LogP contribution in [0.15, 0.2) is 12.5 Å². The molecule has 0 atom stereocenters. The van der Waals surface area contributed by atoms with Crippen LogP contribution in [0.3, 0.4) is 0 Å². The van der Waals surface area contributed by atoms with Gasteiger partial charge in [-0.25, -0.2) is 14.3 Å². The molecule has 1 heterocycles. The van der Waals surface area contributed by atoms with Gasteiger partial charge in [0.1, 0.15) is 24.2 Å². The third-order valence-electron chi connectivity index (χ3n) is 1.76. The number of aliphatic hydroxyl groups excluding tert-OH is 1. The standard InChI is InChI=1S/C10H14F2N2O3/c1-9(2,3)17-8(16)14-4-7(13-6-14)10(11,12)5-15/h4,6,15H,5H2,1-3H3. The lowest BCUT2D eigenvalue weighted by molar-refractivity contribution is -0.0589. The van der Waals surface area contributed by atoms with Crippen molar-refractivity contribution in [3.63, 3.8) is 0 Å². The van der Waals surface area contributed by atoms with E-state index in [4.69, 9.17) is 9.84 Å². The van der Waals surface area contributed by atoms with Crippen molar-refractivity contribution in [2.45, 2.75) is 32.3 Å². The Morgan fingerprint density at radius 3 is 2.59 bits per heavy atom. The molecule has 1 aromatic heterocycles. The zero-order chi connectivity index (χ0) is 13.3. The van der Waals surface area contributed by atoms with Crippen molar-refractivity contribution in [2.24, 2.45) is 0 Å². The molecule has 17 heavy (non-hydrogen) atoms. The smallest absolute Gasteiger partial charge is 0.419 e. The molecule has 0 aromatic carbocycles. The molecule has 5 nitrogen and oxygen atoms in total. The molecule has 0 unspecified atom stereocenters. The lowest BCUT2D eigenvalue weighted by atomic mass is 10.2. The van der Waals surface area contributed by atoms with Gasteiger partial charge in [-0.15, -0.1) is 0 Å². The molecule has 0 amide bonds. The van der Waals surface area contributed by atoms with Crippen molar-refractivity contribution in [2.75, 3.05) is 6.61 Å². The van der Waals surface area contributed by atoms with Crippen LogP contribution in [-0.2, 0) is 10.7 Å². The summed E-state index contributed by atoms with van der Waals surface area (Å²) < 4.78 is 31.8. The molecule has 7 heteroatoms. The van der Waals surface area contributed by atoms with Gasteiger partial charge in [0.2, 0.25) is 0 Å². The Bertz CT molecular complexity index is 410. The summed E-state index contributed by atoms with van der Waals surface area (Å²) in [5.41, 5.74) is -1.40. The number of hydrogen-bond acceptors (Lipinski definition) is 4. The maximum Gasteiger partial charge on any atom is 0.419 e. The van der Waals surface area contributed by atoms with Gasteiger partial charge in [0.15, 0.2) is 0 Å². The zero-order valence-corrected chi connectivity index (χ0v) is 9.78. The number of nitrogens with zero attached hydrogens (tertiary/aromatic N) is 2. The third-order valence-corrected chi connectivity index (χ3v) is 1.76. The molecule has 0 saturated heterocycles. The second kappa shape index (κ2) is 4.40. The van der Waals surface area contributed by atoms with Gasteiger partial charge in [0.25, 0.3) is 0 Å². The minimum atomic E-state index is -3.47. The van der Waals surface area contributed by atoms with Crippen molar-refractivity contribution >= 4 is 6.09 Å². The van der Waals surface area contributed by atoms with E-state index in [9.17, 15) is 13.6 Å². The zero-order valence-electron chi connectivity index (χ0n) is 9.78. The Hall–Kier alpha value is -1.50. The Labute approximate surface area is 97.0 Å². The largest absolute Gasteiger partial charge is 0.443 e. The fourth-order valence-corrected chi connectivity index (χ4v) is 1.01. The topological polar surface area (TPSA) is 64.4 Å². The van der Waals surface area contributed by atoms with Crippen LogP contribution in [0.1, 0.15) is 26.5 Å². The summed E-state index contributed by atoms with van der Waals surface area (Å²) in [5.74, 6) is -3.47. The number of imidazole rings is 1. The molecule has 0 bridgehead atoms. The fourth-order valence-electron chi connectivity index (χ4n) is 1.01. The van der Waals surface area contributed by atoms with E-state index < -0.39 is 29.9 Å². The van der Waals surface area contributed by atoms with Crippen LogP contribution in [0.25, 0.3) is 0 Å². The van der Waals surface area contributed by atoms with Crippen LogP contribution in [0.2, 0.25) is 0 Å². The molecule has 1 N–H and O–H groups in total. The van der Waals surface area contributed by atoms with Gasteiger partial charge in [-0.2, -0.15) is 8.78 Å². The molecule has 0 fully saturated rings. The van der Waals surface area contributed by atoms with Crippen LogP contribution in [0.4, 0.5) is 13.6 Å². The number of halogens is 2. The molecule has 1 aromatic rings. The molecule has 0 aliphatic carbocycles. The van der Waals surface area contributed by atoms with Crippen molar-refractivity contribution in [1.29, 1.82) is 0 Å². The SMILES string of the molecule is CC(C)(C)OC(=O)n1cnc(C(F)(F)CO)c1. The third kappa shape index (κ3) is 3.48. The first kappa shape index (κ1) is 13.6. The Balaban J connectivity index is 2.85. The van der Waals surface area contributed by atoms with E-state index in [0.29, 0.717) is 0 Å².